The molecule has 1 unspecified atom stereocenters. The molecule has 7 heteroatoms. The largest absolute Gasteiger partial charge is 0.496 e. The van der Waals surface area contributed by atoms with Gasteiger partial charge < -0.3 is 9.64 Å². The number of carbonyl (C=O) groups is 1. The zero-order valence-electron chi connectivity index (χ0n) is 17.9. The fourth-order valence-corrected chi connectivity index (χ4v) is 4.43. The molecular weight excluding hydrogens is 366 g/mol. The van der Waals surface area contributed by atoms with Crippen molar-refractivity contribution < 1.29 is 9.53 Å². The van der Waals surface area contributed by atoms with Crippen LogP contribution in [-0.2, 0) is 20.5 Å². The van der Waals surface area contributed by atoms with E-state index in [0.717, 1.165) is 40.4 Å². The molecule has 0 N–H and O–H groups in total. The zero-order valence-corrected chi connectivity index (χ0v) is 17.9. The molecule has 0 bridgehead atoms. The summed E-state index contributed by atoms with van der Waals surface area (Å²) in [5.74, 6) is 0.747. The quantitative estimate of drug-likeness (QED) is 0.685. The summed E-state index contributed by atoms with van der Waals surface area (Å²) in [5.41, 5.74) is 7.01. The molecule has 1 amide bonds. The van der Waals surface area contributed by atoms with E-state index in [-0.39, 0.29) is 11.9 Å². The Morgan fingerprint density at radius 3 is 2.59 bits per heavy atom. The number of rotatable bonds is 3. The Kier molecular flexibility index (Phi) is 4.68. The minimum Gasteiger partial charge on any atom is -0.496 e. The van der Waals surface area contributed by atoms with Gasteiger partial charge in [-0.1, -0.05) is 6.07 Å². The molecule has 0 spiro atoms. The van der Waals surface area contributed by atoms with Crippen molar-refractivity contribution in [3.05, 3.63) is 52.3 Å². The third kappa shape index (κ3) is 2.92. The third-order valence-electron chi connectivity index (χ3n) is 5.98. The maximum atomic E-state index is 13.4. The van der Waals surface area contributed by atoms with Crippen LogP contribution in [-0.4, -0.2) is 44.0 Å². The first-order valence-corrected chi connectivity index (χ1v) is 9.84. The summed E-state index contributed by atoms with van der Waals surface area (Å²) in [6.45, 7) is 6.70. The lowest BCUT2D eigenvalue weighted by Gasteiger charge is -2.33. The number of hydrogen-bond acceptors (Lipinski definition) is 4. The molecule has 0 fully saturated rings. The van der Waals surface area contributed by atoms with Gasteiger partial charge in [-0.2, -0.15) is 10.2 Å². The molecule has 3 aromatic rings. The van der Waals surface area contributed by atoms with Crippen molar-refractivity contribution in [1.29, 1.82) is 0 Å². The first kappa shape index (κ1) is 19.2. The van der Waals surface area contributed by atoms with Crippen molar-refractivity contribution in [2.75, 3.05) is 13.7 Å². The fraction of sp³-hybridized carbons (Fsp3) is 0.409. The van der Waals surface area contributed by atoms with E-state index >= 15 is 0 Å². The molecule has 0 saturated heterocycles. The number of fused-ring (bicyclic) bond motifs is 1. The Bertz CT molecular complexity index is 1080. The first-order valence-electron chi connectivity index (χ1n) is 9.84. The number of methoxy groups -OCH3 is 1. The van der Waals surface area contributed by atoms with Gasteiger partial charge in [0, 0.05) is 37.3 Å². The van der Waals surface area contributed by atoms with Crippen LogP contribution in [0.5, 0.6) is 5.75 Å². The fourth-order valence-electron chi connectivity index (χ4n) is 4.43. The molecule has 0 aliphatic carbocycles. The molecule has 7 nitrogen and oxygen atoms in total. The van der Waals surface area contributed by atoms with E-state index in [1.165, 1.54) is 5.56 Å². The number of nitrogens with zero attached hydrogens (tertiary/aromatic N) is 5. The van der Waals surface area contributed by atoms with Crippen LogP contribution in [0.2, 0.25) is 0 Å². The van der Waals surface area contributed by atoms with Crippen LogP contribution in [0.3, 0.4) is 0 Å². The van der Waals surface area contributed by atoms with Crippen LogP contribution in [0, 0.1) is 13.8 Å². The predicted molar refractivity (Wildman–Crippen MR) is 111 cm³/mol. The summed E-state index contributed by atoms with van der Waals surface area (Å²) in [4.78, 5) is 15.3. The molecular formula is C22H27N5O2. The molecule has 29 heavy (non-hydrogen) atoms. The van der Waals surface area contributed by atoms with Gasteiger partial charge in [-0.15, -0.1) is 0 Å². The minimum absolute atomic E-state index is 0.0171. The van der Waals surface area contributed by atoms with Crippen LogP contribution in [0.4, 0.5) is 0 Å². The minimum atomic E-state index is -0.106. The Morgan fingerprint density at radius 2 is 1.93 bits per heavy atom. The number of hydrogen-bond donors (Lipinski definition) is 0. The van der Waals surface area contributed by atoms with Gasteiger partial charge in [-0.3, -0.25) is 14.2 Å². The van der Waals surface area contributed by atoms with Crippen LogP contribution in [0.15, 0.2) is 24.4 Å². The number of benzene rings is 1. The molecule has 1 aliphatic rings. The molecule has 3 heterocycles. The third-order valence-corrected chi connectivity index (χ3v) is 5.98. The molecule has 152 valence electrons. The van der Waals surface area contributed by atoms with Gasteiger partial charge in [-0.05, 0) is 44.9 Å². The Balaban J connectivity index is 1.73. The van der Waals surface area contributed by atoms with Crippen molar-refractivity contribution >= 4 is 5.91 Å². The lowest BCUT2D eigenvalue weighted by molar-refractivity contribution is 0.0672. The highest BCUT2D eigenvalue weighted by atomic mass is 16.5. The van der Waals surface area contributed by atoms with E-state index in [9.17, 15) is 4.79 Å². The van der Waals surface area contributed by atoms with Crippen molar-refractivity contribution in [2.24, 2.45) is 14.1 Å². The van der Waals surface area contributed by atoms with Gasteiger partial charge in [0.15, 0.2) is 0 Å². The number of carbonyl (C=O) groups excluding carboxylic acids is 1. The van der Waals surface area contributed by atoms with E-state index in [2.05, 4.69) is 18.9 Å². The molecule has 2 aromatic heterocycles. The Labute approximate surface area is 170 Å². The van der Waals surface area contributed by atoms with E-state index in [4.69, 9.17) is 9.84 Å². The molecule has 4 rings (SSSR count). The second-order valence-electron chi connectivity index (χ2n) is 7.69. The van der Waals surface area contributed by atoms with E-state index < -0.39 is 0 Å². The molecule has 0 saturated carbocycles. The zero-order chi connectivity index (χ0) is 20.9. The second-order valence-corrected chi connectivity index (χ2v) is 7.69. The highest BCUT2D eigenvalue weighted by Gasteiger charge is 2.34. The van der Waals surface area contributed by atoms with Crippen LogP contribution >= 0.6 is 0 Å². The van der Waals surface area contributed by atoms with Crippen molar-refractivity contribution in [3.63, 3.8) is 0 Å². The predicted octanol–water partition coefficient (Wildman–Crippen LogP) is 3.21. The summed E-state index contributed by atoms with van der Waals surface area (Å²) < 4.78 is 9.22. The van der Waals surface area contributed by atoms with Crippen LogP contribution < -0.4 is 4.74 Å². The number of aryl methyl sites for hydroxylation is 3. The number of aromatic nitrogens is 4. The summed E-state index contributed by atoms with van der Waals surface area (Å²) in [6, 6.07) is 5.50. The Morgan fingerprint density at radius 1 is 1.17 bits per heavy atom. The lowest BCUT2D eigenvalue weighted by Crippen LogP contribution is -2.39. The van der Waals surface area contributed by atoms with Crippen LogP contribution in [0.25, 0.3) is 11.4 Å². The van der Waals surface area contributed by atoms with Crippen molar-refractivity contribution in [3.8, 4) is 17.1 Å². The van der Waals surface area contributed by atoms with Gasteiger partial charge in [-0.25, -0.2) is 0 Å². The second kappa shape index (κ2) is 7.06. The molecule has 1 atom stereocenters. The SMILES string of the molecule is COc1cccc(C(=O)N2CCc3c(nn(C)c3-c3c(C)cnn3C)C2C)c1C. The standard InChI is InChI=1S/C22H27N5O2/c1-13-12-23-25(4)20(13)21-17-10-11-27(15(3)19(17)24-26(21)5)22(28)16-8-7-9-18(29-6)14(16)2/h7-9,12,15H,10-11H2,1-6H3. The van der Waals surface area contributed by atoms with E-state index in [1.807, 2.05) is 59.7 Å². The van der Waals surface area contributed by atoms with Crippen LogP contribution in [0.1, 0.15) is 45.7 Å². The number of amides is 1. The van der Waals surface area contributed by atoms with Gasteiger partial charge in [0.1, 0.15) is 5.75 Å². The molecule has 0 radical (unpaired) electrons. The molecule has 1 aliphatic heterocycles. The average molecular weight is 393 g/mol. The highest BCUT2D eigenvalue weighted by Crippen LogP contribution is 2.37. The summed E-state index contributed by atoms with van der Waals surface area (Å²) in [6.07, 6.45) is 2.64. The van der Waals surface area contributed by atoms with Gasteiger partial charge in [0.2, 0.25) is 0 Å². The summed E-state index contributed by atoms with van der Waals surface area (Å²) >= 11 is 0. The topological polar surface area (TPSA) is 65.2 Å². The monoisotopic (exact) mass is 393 g/mol. The van der Waals surface area contributed by atoms with Crippen molar-refractivity contribution in [1.82, 2.24) is 24.5 Å². The van der Waals surface area contributed by atoms with Gasteiger partial charge in [0.25, 0.3) is 5.91 Å². The maximum absolute atomic E-state index is 13.4. The summed E-state index contributed by atoms with van der Waals surface area (Å²) in [7, 11) is 5.54. The van der Waals surface area contributed by atoms with Gasteiger partial charge >= 0.3 is 0 Å². The molecule has 1 aromatic carbocycles. The van der Waals surface area contributed by atoms with Gasteiger partial charge in [0.05, 0.1) is 36.4 Å². The summed E-state index contributed by atoms with van der Waals surface area (Å²) in [5, 5.41) is 9.20. The van der Waals surface area contributed by atoms with E-state index in [1.54, 1.807) is 7.11 Å². The van der Waals surface area contributed by atoms with E-state index in [0.29, 0.717) is 12.1 Å². The lowest BCUT2D eigenvalue weighted by atomic mass is 9.95. The number of ether oxygens (including phenoxy) is 1. The smallest absolute Gasteiger partial charge is 0.254 e. The van der Waals surface area contributed by atoms with Crippen molar-refractivity contribution in [2.45, 2.75) is 33.2 Å². The normalized spacial score (nSPS) is 16.1. The maximum Gasteiger partial charge on any atom is 0.254 e. The Hall–Kier alpha value is -3.09. The average Bonchev–Trinajstić information content (AvgIpc) is 3.20. The highest BCUT2D eigenvalue weighted by molar-refractivity contribution is 5.96. The first-order chi connectivity index (χ1) is 13.8.